The first-order valence-corrected chi connectivity index (χ1v) is 11.5. The number of anilines is 3. The van der Waals surface area contributed by atoms with Gasteiger partial charge in [0.2, 0.25) is 0 Å². The van der Waals surface area contributed by atoms with E-state index in [4.69, 9.17) is 0 Å². The highest BCUT2D eigenvalue weighted by molar-refractivity contribution is 7.92. The predicted octanol–water partition coefficient (Wildman–Crippen LogP) is 6.47. The molecule has 3 aromatic rings. The smallest absolute Gasteiger partial charge is 0.406 e. The molecule has 5 nitrogen and oxygen atoms in total. The van der Waals surface area contributed by atoms with Gasteiger partial charge >= 0.3 is 6.36 Å². The largest absolute Gasteiger partial charge is 0.573 e. The first-order chi connectivity index (χ1) is 15.2. The van der Waals surface area contributed by atoms with E-state index in [0.29, 0.717) is 11.4 Å². The zero-order valence-corrected chi connectivity index (χ0v) is 18.1. The number of unbranched alkanes of at least 4 members (excludes halogenated alkanes) is 1. The van der Waals surface area contributed by atoms with E-state index in [1.165, 1.54) is 5.56 Å². The zero-order chi connectivity index (χ0) is 23.2. The molecule has 9 heteroatoms. The molecule has 0 atom stereocenters. The maximum Gasteiger partial charge on any atom is 0.573 e. The van der Waals surface area contributed by atoms with Crippen LogP contribution in [0.5, 0.6) is 5.75 Å². The molecule has 3 rings (SSSR count). The fraction of sp³-hybridized carbons (Fsp3) is 0.217. The molecule has 0 aliphatic heterocycles. The van der Waals surface area contributed by atoms with Crippen LogP contribution < -0.4 is 14.8 Å². The SMILES string of the molecule is CCCCc1ccc(Nc2ccccc2NS(=O)(=O)c2ccc(OC(F)(F)F)cc2)cc1. The van der Waals surface area contributed by atoms with Gasteiger partial charge in [-0.3, -0.25) is 4.72 Å². The van der Waals surface area contributed by atoms with Crippen molar-refractivity contribution < 1.29 is 26.3 Å². The number of halogens is 3. The average Bonchev–Trinajstić information content (AvgIpc) is 2.74. The van der Waals surface area contributed by atoms with Crippen LogP contribution in [0, 0.1) is 0 Å². The lowest BCUT2D eigenvalue weighted by Crippen LogP contribution is -2.17. The molecular weight excluding hydrogens is 441 g/mol. The summed E-state index contributed by atoms with van der Waals surface area (Å²) in [5.41, 5.74) is 2.86. The maximum atomic E-state index is 12.7. The minimum Gasteiger partial charge on any atom is -0.406 e. The lowest BCUT2D eigenvalue weighted by Gasteiger charge is -2.15. The van der Waals surface area contributed by atoms with Crippen molar-refractivity contribution in [1.82, 2.24) is 0 Å². The molecule has 0 aliphatic carbocycles. The second-order valence-corrected chi connectivity index (χ2v) is 8.78. The number of para-hydroxylation sites is 2. The monoisotopic (exact) mass is 464 g/mol. The van der Waals surface area contributed by atoms with Crippen molar-refractivity contribution in [2.45, 2.75) is 37.4 Å². The lowest BCUT2D eigenvalue weighted by atomic mass is 10.1. The summed E-state index contributed by atoms with van der Waals surface area (Å²) >= 11 is 0. The maximum absolute atomic E-state index is 12.7. The van der Waals surface area contributed by atoms with E-state index < -0.39 is 22.1 Å². The molecule has 0 heterocycles. The Hall–Kier alpha value is -3.20. The van der Waals surface area contributed by atoms with Crippen LogP contribution >= 0.6 is 0 Å². The summed E-state index contributed by atoms with van der Waals surface area (Å²) in [6.07, 6.45) is -1.62. The molecule has 0 spiro atoms. The van der Waals surface area contributed by atoms with E-state index in [1.54, 1.807) is 24.3 Å². The van der Waals surface area contributed by atoms with E-state index >= 15 is 0 Å². The van der Waals surface area contributed by atoms with Gasteiger partial charge in [-0.15, -0.1) is 13.2 Å². The van der Waals surface area contributed by atoms with Gasteiger partial charge in [-0.2, -0.15) is 0 Å². The van der Waals surface area contributed by atoms with Gasteiger partial charge in [-0.1, -0.05) is 37.6 Å². The van der Waals surface area contributed by atoms with Crippen LogP contribution in [0.2, 0.25) is 0 Å². The minimum atomic E-state index is -4.85. The van der Waals surface area contributed by atoms with Crippen molar-refractivity contribution in [2.24, 2.45) is 0 Å². The highest BCUT2D eigenvalue weighted by Crippen LogP contribution is 2.29. The van der Waals surface area contributed by atoms with Crippen molar-refractivity contribution in [2.75, 3.05) is 10.0 Å². The first kappa shape index (κ1) is 23.5. The Balaban J connectivity index is 1.75. The van der Waals surface area contributed by atoms with Crippen molar-refractivity contribution in [3.05, 3.63) is 78.4 Å². The van der Waals surface area contributed by atoms with Crippen LogP contribution in [0.1, 0.15) is 25.3 Å². The molecule has 2 N–H and O–H groups in total. The van der Waals surface area contributed by atoms with Crippen LogP contribution in [-0.4, -0.2) is 14.8 Å². The molecule has 0 aliphatic rings. The number of aryl methyl sites for hydroxylation is 1. The van der Waals surface area contributed by atoms with Crippen LogP contribution in [0.3, 0.4) is 0 Å². The molecule has 0 saturated heterocycles. The topological polar surface area (TPSA) is 67.4 Å². The average molecular weight is 465 g/mol. The molecule has 170 valence electrons. The highest BCUT2D eigenvalue weighted by Gasteiger charge is 2.31. The summed E-state index contributed by atoms with van der Waals surface area (Å²) in [6.45, 7) is 2.14. The summed E-state index contributed by atoms with van der Waals surface area (Å²) in [6, 6.07) is 18.7. The number of rotatable bonds is 9. The van der Waals surface area contributed by atoms with Crippen molar-refractivity contribution in [3.63, 3.8) is 0 Å². The molecule has 32 heavy (non-hydrogen) atoms. The summed E-state index contributed by atoms with van der Waals surface area (Å²) in [4.78, 5) is -0.192. The van der Waals surface area contributed by atoms with Gasteiger partial charge in [0.05, 0.1) is 16.3 Å². The molecule has 0 bridgehead atoms. The Morgan fingerprint density at radius 2 is 1.50 bits per heavy atom. The number of benzene rings is 3. The number of sulfonamides is 1. The molecule has 0 fully saturated rings. The number of nitrogens with one attached hydrogen (secondary N) is 2. The van der Waals surface area contributed by atoms with Gasteiger partial charge in [0.1, 0.15) is 5.75 Å². The third kappa shape index (κ3) is 6.65. The second kappa shape index (κ2) is 9.95. The lowest BCUT2D eigenvalue weighted by molar-refractivity contribution is -0.274. The van der Waals surface area contributed by atoms with Gasteiger partial charge in [0.25, 0.3) is 10.0 Å². The standard InChI is InChI=1S/C23H23F3N2O3S/c1-2-3-6-17-9-11-18(12-10-17)27-21-7-4-5-8-22(21)28-32(29,30)20-15-13-19(14-16-20)31-23(24,25)26/h4-5,7-16,27-28H,2-3,6H2,1H3. The molecule has 0 radical (unpaired) electrons. The fourth-order valence-electron chi connectivity index (χ4n) is 3.00. The van der Waals surface area contributed by atoms with Crippen molar-refractivity contribution >= 4 is 27.1 Å². The Bertz CT molecular complexity index is 1130. The van der Waals surface area contributed by atoms with E-state index in [-0.39, 0.29) is 4.90 Å². The Kier molecular flexibility index (Phi) is 7.29. The summed E-state index contributed by atoms with van der Waals surface area (Å²) < 4.78 is 68.7. The third-order valence-electron chi connectivity index (χ3n) is 4.59. The highest BCUT2D eigenvalue weighted by atomic mass is 32.2. The quantitative estimate of drug-likeness (QED) is 0.381. The molecule has 3 aromatic carbocycles. The predicted molar refractivity (Wildman–Crippen MR) is 119 cm³/mol. The summed E-state index contributed by atoms with van der Waals surface area (Å²) in [5.74, 6) is -0.499. The summed E-state index contributed by atoms with van der Waals surface area (Å²) in [7, 11) is -4.03. The van der Waals surface area contributed by atoms with Crippen LogP contribution in [0.25, 0.3) is 0 Å². The Labute approximate surface area is 185 Å². The number of ether oxygens (including phenoxy) is 1. The minimum absolute atomic E-state index is 0.192. The first-order valence-electron chi connectivity index (χ1n) is 10.00. The second-order valence-electron chi connectivity index (χ2n) is 7.10. The fourth-order valence-corrected chi connectivity index (χ4v) is 4.08. The van der Waals surface area contributed by atoms with Crippen molar-refractivity contribution in [3.8, 4) is 5.75 Å². The van der Waals surface area contributed by atoms with Crippen LogP contribution in [0.4, 0.5) is 30.2 Å². The Morgan fingerprint density at radius 3 is 2.09 bits per heavy atom. The van der Waals surface area contributed by atoms with Gasteiger partial charge < -0.3 is 10.1 Å². The van der Waals surface area contributed by atoms with Gasteiger partial charge in [-0.05, 0) is 66.9 Å². The van der Waals surface area contributed by atoms with Crippen molar-refractivity contribution in [1.29, 1.82) is 0 Å². The number of alkyl halides is 3. The molecule has 0 saturated carbocycles. The summed E-state index contributed by atoms with van der Waals surface area (Å²) in [5, 5.41) is 3.19. The van der Waals surface area contributed by atoms with E-state index in [2.05, 4.69) is 21.7 Å². The van der Waals surface area contributed by atoms with E-state index in [9.17, 15) is 21.6 Å². The third-order valence-corrected chi connectivity index (χ3v) is 5.97. The van der Waals surface area contributed by atoms with Crippen LogP contribution in [0.15, 0.2) is 77.7 Å². The van der Waals surface area contributed by atoms with Gasteiger partial charge in [-0.25, -0.2) is 8.42 Å². The van der Waals surface area contributed by atoms with Gasteiger partial charge in [0, 0.05) is 5.69 Å². The normalized spacial score (nSPS) is 11.8. The zero-order valence-electron chi connectivity index (χ0n) is 17.3. The van der Waals surface area contributed by atoms with Crippen LogP contribution in [-0.2, 0) is 16.4 Å². The molecule has 0 unspecified atom stereocenters. The Morgan fingerprint density at radius 1 is 0.875 bits per heavy atom. The van der Waals surface area contributed by atoms with E-state index in [0.717, 1.165) is 49.2 Å². The molecular formula is C23H23F3N2O3S. The number of hydrogen-bond donors (Lipinski definition) is 2. The van der Waals surface area contributed by atoms with E-state index in [1.807, 2.05) is 24.3 Å². The molecule has 0 aromatic heterocycles. The molecule has 0 amide bonds. The van der Waals surface area contributed by atoms with Gasteiger partial charge in [0.15, 0.2) is 0 Å². The number of hydrogen-bond acceptors (Lipinski definition) is 4.